The zero-order valence-electron chi connectivity index (χ0n) is 14.1. The summed E-state index contributed by atoms with van der Waals surface area (Å²) < 4.78 is 0. The fourth-order valence-electron chi connectivity index (χ4n) is 4.17. The van der Waals surface area contributed by atoms with Gasteiger partial charge in [-0.15, -0.1) is 0 Å². The van der Waals surface area contributed by atoms with Crippen LogP contribution in [0.1, 0.15) is 55.0 Å². The number of carbonyl (C=O) groups excluding carboxylic acids is 1. The molecule has 0 aromatic heterocycles. The Morgan fingerprint density at radius 1 is 1.22 bits per heavy atom. The van der Waals surface area contributed by atoms with E-state index in [1.807, 2.05) is 12.1 Å². The second-order valence-electron chi connectivity index (χ2n) is 7.39. The summed E-state index contributed by atoms with van der Waals surface area (Å²) in [6, 6.07) is 4.17. The highest BCUT2D eigenvalue weighted by Crippen LogP contribution is 2.39. The summed E-state index contributed by atoms with van der Waals surface area (Å²) in [6.45, 7) is 6.07. The van der Waals surface area contributed by atoms with Gasteiger partial charge in [0.25, 0.3) is 0 Å². The molecule has 2 heterocycles. The molecule has 0 bridgehead atoms. The molecule has 1 fully saturated rings. The van der Waals surface area contributed by atoms with Crippen LogP contribution in [-0.2, 0) is 24.4 Å². The minimum atomic E-state index is -0.0696. The van der Waals surface area contributed by atoms with Gasteiger partial charge in [0, 0.05) is 31.5 Å². The van der Waals surface area contributed by atoms with E-state index in [2.05, 4.69) is 18.7 Å². The molecule has 2 aliphatic heterocycles. The summed E-state index contributed by atoms with van der Waals surface area (Å²) in [5, 5.41) is 19.0. The largest absolute Gasteiger partial charge is 0.392 e. The van der Waals surface area contributed by atoms with Crippen LogP contribution >= 0.6 is 0 Å². The van der Waals surface area contributed by atoms with Crippen molar-refractivity contribution in [2.45, 2.75) is 52.4 Å². The van der Waals surface area contributed by atoms with E-state index in [9.17, 15) is 15.0 Å². The average molecular weight is 317 g/mol. The molecule has 2 N–H and O–H groups in total. The first-order chi connectivity index (χ1) is 11.0. The summed E-state index contributed by atoms with van der Waals surface area (Å²) in [5.41, 5.74) is 3.99. The molecule has 2 aliphatic rings. The number of aliphatic hydroxyl groups excluding tert-OH is 2. The lowest BCUT2D eigenvalue weighted by Gasteiger charge is -2.43. The van der Waals surface area contributed by atoms with Crippen LogP contribution < -0.4 is 0 Å². The third-order valence-corrected chi connectivity index (χ3v) is 5.33. The highest BCUT2D eigenvalue weighted by atomic mass is 16.3. The van der Waals surface area contributed by atoms with Crippen LogP contribution in [0.5, 0.6) is 0 Å². The molecule has 0 aliphatic carbocycles. The Bertz CT molecular complexity index is 597. The van der Waals surface area contributed by atoms with Gasteiger partial charge in [0.05, 0.1) is 13.2 Å². The number of ketones is 1. The zero-order chi connectivity index (χ0) is 16.6. The highest BCUT2D eigenvalue weighted by molar-refractivity contribution is 5.83. The predicted molar refractivity (Wildman–Crippen MR) is 88.9 cm³/mol. The summed E-state index contributed by atoms with van der Waals surface area (Å²) in [4.78, 5) is 15.0. The average Bonchev–Trinajstić information content (AvgIpc) is 2.53. The Morgan fingerprint density at radius 3 is 2.57 bits per heavy atom. The molecule has 4 nitrogen and oxygen atoms in total. The van der Waals surface area contributed by atoms with Crippen molar-refractivity contribution < 1.29 is 15.0 Å². The van der Waals surface area contributed by atoms with Gasteiger partial charge in [-0.3, -0.25) is 9.69 Å². The quantitative estimate of drug-likeness (QED) is 0.894. The molecule has 0 spiro atoms. The molecule has 1 saturated heterocycles. The van der Waals surface area contributed by atoms with E-state index < -0.39 is 0 Å². The van der Waals surface area contributed by atoms with E-state index in [0.717, 1.165) is 37.1 Å². The Morgan fingerprint density at radius 2 is 1.91 bits per heavy atom. The van der Waals surface area contributed by atoms with Crippen LogP contribution in [0.15, 0.2) is 12.1 Å². The normalized spacial score (nSPS) is 24.7. The molecule has 4 heteroatoms. The molecule has 1 aromatic rings. The minimum absolute atomic E-state index is 0.0487. The van der Waals surface area contributed by atoms with Crippen LogP contribution in [-0.4, -0.2) is 34.0 Å². The van der Waals surface area contributed by atoms with Crippen LogP contribution in [0.2, 0.25) is 0 Å². The lowest BCUT2D eigenvalue weighted by Crippen LogP contribution is -2.46. The Balaban J connectivity index is 1.89. The standard InChI is InChI=1S/C19H27NO3/c1-12(2)5-14-9-20-4-3-13-6-15(10-21)16(11-22)7-17(13)18(20)8-19(14)23/h6-7,12,14,18,21-22H,3-5,8-11H2,1-2H3/t14-,18?/m1/s1. The Kier molecular flexibility index (Phi) is 4.85. The summed E-state index contributed by atoms with van der Waals surface area (Å²) >= 11 is 0. The molecule has 2 atom stereocenters. The number of fused-ring (bicyclic) bond motifs is 3. The van der Waals surface area contributed by atoms with Crippen molar-refractivity contribution in [1.29, 1.82) is 0 Å². The number of carbonyl (C=O) groups is 1. The predicted octanol–water partition coefficient (Wildman–Crippen LogP) is 2.21. The highest BCUT2D eigenvalue weighted by Gasteiger charge is 2.38. The maximum Gasteiger partial charge on any atom is 0.139 e. The molecule has 126 valence electrons. The van der Waals surface area contributed by atoms with Crippen molar-refractivity contribution in [3.8, 4) is 0 Å². The third-order valence-electron chi connectivity index (χ3n) is 5.33. The van der Waals surface area contributed by atoms with Crippen LogP contribution in [0.3, 0.4) is 0 Å². The third kappa shape index (κ3) is 3.21. The van der Waals surface area contributed by atoms with Gasteiger partial charge in [-0.05, 0) is 41.0 Å². The lowest BCUT2D eigenvalue weighted by atomic mass is 9.79. The minimum Gasteiger partial charge on any atom is -0.392 e. The SMILES string of the molecule is CC(C)C[C@@H]1CN2CCc3cc(CO)c(CO)cc3C2CC1=O. The van der Waals surface area contributed by atoms with E-state index in [4.69, 9.17) is 0 Å². The van der Waals surface area contributed by atoms with E-state index in [1.54, 1.807) is 0 Å². The molecule has 0 amide bonds. The summed E-state index contributed by atoms with van der Waals surface area (Å²) in [6.07, 6.45) is 2.50. The van der Waals surface area contributed by atoms with Gasteiger partial charge < -0.3 is 10.2 Å². The number of hydrogen-bond donors (Lipinski definition) is 2. The summed E-state index contributed by atoms with van der Waals surface area (Å²) in [7, 11) is 0. The van der Waals surface area contributed by atoms with E-state index in [1.165, 1.54) is 11.1 Å². The van der Waals surface area contributed by atoms with Crippen molar-refractivity contribution in [2.24, 2.45) is 11.8 Å². The van der Waals surface area contributed by atoms with Crippen molar-refractivity contribution in [3.05, 3.63) is 34.4 Å². The fraction of sp³-hybridized carbons (Fsp3) is 0.632. The number of benzene rings is 1. The zero-order valence-corrected chi connectivity index (χ0v) is 14.1. The van der Waals surface area contributed by atoms with Gasteiger partial charge in [-0.2, -0.15) is 0 Å². The number of nitrogens with zero attached hydrogens (tertiary/aromatic N) is 1. The first-order valence-corrected chi connectivity index (χ1v) is 8.66. The fourth-order valence-corrected chi connectivity index (χ4v) is 4.17. The number of rotatable bonds is 4. The van der Waals surface area contributed by atoms with Crippen molar-refractivity contribution in [1.82, 2.24) is 4.90 Å². The monoisotopic (exact) mass is 317 g/mol. The van der Waals surface area contributed by atoms with Gasteiger partial charge in [-0.1, -0.05) is 26.0 Å². The summed E-state index contributed by atoms with van der Waals surface area (Å²) in [5.74, 6) is 1.09. The topological polar surface area (TPSA) is 60.8 Å². The molecule has 0 saturated carbocycles. The molecule has 1 aromatic carbocycles. The van der Waals surface area contributed by atoms with E-state index in [-0.39, 0.29) is 25.2 Å². The maximum atomic E-state index is 12.6. The van der Waals surface area contributed by atoms with Crippen molar-refractivity contribution in [3.63, 3.8) is 0 Å². The van der Waals surface area contributed by atoms with Gasteiger partial charge in [-0.25, -0.2) is 0 Å². The van der Waals surface area contributed by atoms with Gasteiger partial charge >= 0.3 is 0 Å². The first kappa shape index (κ1) is 16.6. The molecule has 23 heavy (non-hydrogen) atoms. The number of aliphatic hydroxyl groups is 2. The van der Waals surface area contributed by atoms with Crippen molar-refractivity contribution in [2.75, 3.05) is 13.1 Å². The second kappa shape index (κ2) is 6.71. The molecule has 0 radical (unpaired) electrons. The van der Waals surface area contributed by atoms with Gasteiger partial charge in [0.2, 0.25) is 0 Å². The van der Waals surface area contributed by atoms with Crippen molar-refractivity contribution >= 4 is 5.78 Å². The maximum absolute atomic E-state index is 12.6. The second-order valence-corrected chi connectivity index (χ2v) is 7.39. The lowest BCUT2D eigenvalue weighted by molar-refractivity contribution is -0.129. The Hall–Kier alpha value is -1.23. The van der Waals surface area contributed by atoms with Gasteiger partial charge in [0.1, 0.15) is 5.78 Å². The van der Waals surface area contributed by atoms with Crippen LogP contribution in [0.4, 0.5) is 0 Å². The molecular formula is C19H27NO3. The molecule has 3 rings (SSSR count). The molecule has 1 unspecified atom stereocenters. The van der Waals surface area contributed by atoms with E-state index in [0.29, 0.717) is 18.1 Å². The van der Waals surface area contributed by atoms with E-state index >= 15 is 0 Å². The number of Topliss-reactive ketones (excluding diaryl/α,β-unsaturated/α-hetero) is 1. The Labute approximate surface area is 138 Å². The van der Waals surface area contributed by atoms with Crippen LogP contribution in [0.25, 0.3) is 0 Å². The molecular weight excluding hydrogens is 290 g/mol. The van der Waals surface area contributed by atoms with Gasteiger partial charge in [0.15, 0.2) is 0 Å². The smallest absolute Gasteiger partial charge is 0.139 e. The number of hydrogen-bond acceptors (Lipinski definition) is 4. The first-order valence-electron chi connectivity index (χ1n) is 8.66. The van der Waals surface area contributed by atoms with Crippen LogP contribution in [0, 0.1) is 11.8 Å². The number of piperidine rings is 1.